The van der Waals surface area contributed by atoms with Gasteiger partial charge in [-0.15, -0.1) is 11.3 Å². The van der Waals surface area contributed by atoms with Gasteiger partial charge in [0.05, 0.1) is 12.8 Å². The molecular formula is C18H17N3O2S. The normalized spacial score (nSPS) is 10.5. The summed E-state index contributed by atoms with van der Waals surface area (Å²) in [6.45, 7) is 3.72. The number of rotatable bonds is 4. The maximum atomic E-state index is 12.5. The van der Waals surface area contributed by atoms with E-state index in [0.717, 1.165) is 22.0 Å². The molecule has 2 aromatic heterocycles. The summed E-state index contributed by atoms with van der Waals surface area (Å²) < 4.78 is 5.24. The molecule has 0 bridgehead atoms. The molecule has 24 heavy (non-hydrogen) atoms. The highest BCUT2D eigenvalue weighted by atomic mass is 32.1. The molecule has 0 aliphatic carbocycles. The molecule has 0 aliphatic rings. The Morgan fingerprint density at radius 1 is 1.12 bits per heavy atom. The van der Waals surface area contributed by atoms with E-state index < -0.39 is 0 Å². The molecule has 1 N–H and O–H groups in total. The van der Waals surface area contributed by atoms with Crippen molar-refractivity contribution >= 4 is 23.1 Å². The Morgan fingerprint density at radius 2 is 1.92 bits per heavy atom. The highest BCUT2D eigenvalue weighted by Gasteiger charge is 2.17. The number of methoxy groups -OCH3 is 1. The van der Waals surface area contributed by atoms with E-state index >= 15 is 0 Å². The number of nitrogens with one attached hydrogen (secondary N) is 1. The highest BCUT2D eigenvalue weighted by Crippen LogP contribution is 2.30. The van der Waals surface area contributed by atoms with E-state index in [1.54, 1.807) is 13.2 Å². The first-order valence-corrected chi connectivity index (χ1v) is 8.25. The van der Waals surface area contributed by atoms with Crippen molar-refractivity contribution in [2.75, 3.05) is 12.4 Å². The van der Waals surface area contributed by atoms with Crippen LogP contribution in [0.2, 0.25) is 0 Å². The molecule has 1 aromatic carbocycles. The van der Waals surface area contributed by atoms with Gasteiger partial charge in [0.2, 0.25) is 0 Å². The largest absolute Gasteiger partial charge is 0.497 e. The van der Waals surface area contributed by atoms with E-state index in [1.807, 2.05) is 50.2 Å². The van der Waals surface area contributed by atoms with E-state index in [1.165, 1.54) is 11.3 Å². The average Bonchev–Trinajstić information content (AvgIpc) is 2.97. The summed E-state index contributed by atoms with van der Waals surface area (Å²) in [6.07, 6.45) is 0. The Kier molecular flexibility index (Phi) is 4.57. The number of carbonyl (C=O) groups excluding carboxylic acids is 1. The summed E-state index contributed by atoms with van der Waals surface area (Å²) in [5.74, 6) is 1.10. The van der Waals surface area contributed by atoms with Crippen molar-refractivity contribution in [2.45, 2.75) is 13.8 Å². The molecule has 0 saturated heterocycles. The van der Waals surface area contributed by atoms with Gasteiger partial charge in [-0.1, -0.05) is 18.2 Å². The Hall–Kier alpha value is -2.73. The van der Waals surface area contributed by atoms with E-state index in [-0.39, 0.29) is 5.91 Å². The molecule has 0 atom stereocenters. The first kappa shape index (κ1) is 16.1. The summed E-state index contributed by atoms with van der Waals surface area (Å²) in [5, 5.41) is 3.61. The SMILES string of the molecule is COc1cccc(-c2nc(C)c(C(=O)Nc3cccc(C)n3)s2)c1. The lowest BCUT2D eigenvalue weighted by molar-refractivity contribution is 0.102. The van der Waals surface area contributed by atoms with Crippen LogP contribution in [0.1, 0.15) is 21.1 Å². The minimum absolute atomic E-state index is 0.197. The average molecular weight is 339 g/mol. The number of thiazole rings is 1. The number of hydrogen-bond acceptors (Lipinski definition) is 5. The lowest BCUT2D eigenvalue weighted by Gasteiger charge is -2.03. The van der Waals surface area contributed by atoms with Crippen LogP contribution in [-0.2, 0) is 0 Å². The molecule has 3 aromatic rings. The lowest BCUT2D eigenvalue weighted by atomic mass is 10.2. The Bertz CT molecular complexity index is 889. The fraction of sp³-hybridized carbons (Fsp3) is 0.167. The van der Waals surface area contributed by atoms with Gasteiger partial charge in [-0.25, -0.2) is 9.97 Å². The Labute approximate surface area is 144 Å². The number of ether oxygens (including phenoxy) is 1. The van der Waals surface area contributed by atoms with Crippen molar-refractivity contribution in [2.24, 2.45) is 0 Å². The number of aryl methyl sites for hydroxylation is 2. The van der Waals surface area contributed by atoms with Gasteiger partial charge in [-0.05, 0) is 38.1 Å². The lowest BCUT2D eigenvalue weighted by Crippen LogP contribution is -2.12. The van der Waals surface area contributed by atoms with Crippen molar-refractivity contribution in [1.29, 1.82) is 0 Å². The minimum atomic E-state index is -0.197. The van der Waals surface area contributed by atoms with Crippen molar-refractivity contribution < 1.29 is 9.53 Å². The number of hydrogen-bond donors (Lipinski definition) is 1. The van der Waals surface area contributed by atoms with Gasteiger partial charge in [-0.3, -0.25) is 4.79 Å². The van der Waals surface area contributed by atoms with Crippen LogP contribution in [0, 0.1) is 13.8 Å². The summed E-state index contributed by atoms with van der Waals surface area (Å²) in [5.41, 5.74) is 2.48. The maximum absolute atomic E-state index is 12.5. The van der Waals surface area contributed by atoms with Gasteiger partial charge in [0.15, 0.2) is 0 Å². The number of amides is 1. The zero-order chi connectivity index (χ0) is 17.1. The van der Waals surface area contributed by atoms with Crippen LogP contribution in [0.15, 0.2) is 42.5 Å². The van der Waals surface area contributed by atoms with E-state index in [4.69, 9.17) is 4.74 Å². The summed E-state index contributed by atoms with van der Waals surface area (Å²) >= 11 is 1.36. The predicted octanol–water partition coefficient (Wildman–Crippen LogP) is 4.08. The third kappa shape index (κ3) is 3.44. The molecular weight excluding hydrogens is 322 g/mol. The fourth-order valence-corrected chi connectivity index (χ4v) is 3.23. The van der Waals surface area contributed by atoms with Crippen LogP contribution in [0.3, 0.4) is 0 Å². The number of benzene rings is 1. The quantitative estimate of drug-likeness (QED) is 0.778. The second kappa shape index (κ2) is 6.80. The first-order valence-electron chi connectivity index (χ1n) is 7.43. The highest BCUT2D eigenvalue weighted by molar-refractivity contribution is 7.17. The fourth-order valence-electron chi connectivity index (χ4n) is 2.27. The number of aromatic nitrogens is 2. The van der Waals surface area contributed by atoms with Gasteiger partial charge in [-0.2, -0.15) is 0 Å². The van der Waals surface area contributed by atoms with Crippen molar-refractivity contribution in [3.8, 4) is 16.3 Å². The third-order valence-electron chi connectivity index (χ3n) is 3.45. The van der Waals surface area contributed by atoms with Crippen LogP contribution in [0.4, 0.5) is 5.82 Å². The van der Waals surface area contributed by atoms with Crippen LogP contribution >= 0.6 is 11.3 Å². The van der Waals surface area contributed by atoms with E-state index in [2.05, 4.69) is 15.3 Å². The molecule has 0 spiro atoms. The van der Waals surface area contributed by atoms with Crippen molar-refractivity contribution in [3.05, 3.63) is 58.7 Å². The van der Waals surface area contributed by atoms with Crippen molar-refractivity contribution in [1.82, 2.24) is 9.97 Å². The monoisotopic (exact) mass is 339 g/mol. The topological polar surface area (TPSA) is 64.1 Å². The molecule has 0 saturated carbocycles. The standard InChI is InChI=1S/C18H17N3O2S/c1-11-6-4-9-15(19-11)21-17(22)16-12(2)20-18(24-16)13-7-5-8-14(10-13)23-3/h4-10H,1-3H3,(H,19,21,22). The van der Waals surface area contributed by atoms with Crippen LogP contribution < -0.4 is 10.1 Å². The zero-order valence-electron chi connectivity index (χ0n) is 13.7. The van der Waals surface area contributed by atoms with Gasteiger partial charge < -0.3 is 10.1 Å². The molecule has 2 heterocycles. The first-order chi connectivity index (χ1) is 11.6. The Balaban J connectivity index is 1.86. The number of pyridine rings is 1. The molecule has 122 valence electrons. The maximum Gasteiger partial charge on any atom is 0.268 e. The zero-order valence-corrected chi connectivity index (χ0v) is 14.5. The van der Waals surface area contributed by atoms with Crippen LogP contribution in [-0.4, -0.2) is 23.0 Å². The Morgan fingerprint density at radius 3 is 2.67 bits per heavy atom. The predicted molar refractivity (Wildman–Crippen MR) is 95.8 cm³/mol. The summed E-state index contributed by atoms with van der Waals surface area (Å²) in [7, 11) is 1.62. The molecule has 0 radical (unpaired) electrons. The van der Waals surface area contributed by atoms with Gasteiger partial charge >= 0.3 is 0 Å². The molecule has 0 aliphatic heterocycles. The van der Waals surface area contributed by atoms with Crippen LogP contribution in [0.25, 0.3) is 10.6 Å². The molecule has 1 amide bonds. The molecule has 3 rings (SSSR count). The number of anilines is 1. The van der Waals surface area contributed by atoms with E-state index in [0.29, 0.717) is 16.4 Å². The van der Waals surface area contributed by atoms with Gasteiger partial charge in [0.25, 0.3) is 5.91 Å². The molecule has 6 heteroatoms. The number of carbonyl (C=O) groups is 1. The molecule has 0 unspecified atom stereocenters. The molecule has 0 fully saturated rings. The minimum Gasteiger partial charge on any atom is -0.497 e. The van der Waals surface area contributed by atoms with Gasteiger partial charge in [0.1, 0.15) is 21.5 Å². The van der Waals surface area contributed by atoms with Gasteiger partial charge in [0, 0.05) is 11.3 Å². The third-order valence-corrected chi connectivity index (χ3v) is 4.65. The summed E-state index contributed by atoms with van der Waals surface area (Å²) in [4.78, 5) is 21.9. The second-order valence-corrected chi connectivity index (χ2v) is 6.28. The summed E-state index contributed by atoms with van der Waals surface area (Å²) in [6, 6.07) is 13.1. The van der Waals surface area contributed by atoms with Crippen molar-refractivity contribution in [3.63, 3.8) is 0 Å². The second-order valence-electron chi connectivity index (χ2n) is 5.28. The smallest absolute Gasteiger partial charge is 0.268 e. The van der Waals surface area contributed by atoms with E-state index in [9.17, 15) is 4.79 Å². The van der Waals surface area contributed by atoms with Crippen LogP contribution in [0.5, 0.6) is 5.75 Å². The molecule has 5 nitrogen and oxygen atoms in total. The number of nitrogens with zero attached hydrogens (tertiary/aromatic N) is 2.